The molecular formula is C27H27N3O8S. The fraction of sp³-hybridized carbons (Fsp3) is 0.296. The number of benzene rings is 2. The molecule has 1 aromatic heterocycles. The summed E-state index contributed by atoms with van der Waals surface area (Å²) in [5.74, 6) is 0.0820. The molecule has 0 saturated carbocycles. The van der Waals surface area contributed by atoms with Gasteiger partial charge >= 0.3 is 5.97 Å². The Bertz CT molecular complexity index is 1670. The first kappa shape index (κ1) is 27.6. The number of thiazole rings is 1. The second-order valence-corrected chi connectivity index (χ2v) is 9.89. The van der Waals surface area contributed by atoms with Crippen molar-refractivity contribution in [3.05, 3.63) is 88.6 Å². The quantitative estimate of drug-likeness (QED) is 0.255. The van der Waals surface area contributed by atoms with Crippen LogP contribution in [0.25, 0.3) is 6.08 Å². The Hall–Kier alpha value is -4.45. The van der Waals surface area contributed by atoms with Crippen LogP contribution in [0.2, 0.25) is 0 Å². The number of aromatic hydroxyl groups is 1. The molecule has 0 aliphatic carbocycles. The van der Waals surface area contributed by atoms with Crippen molar-refractivity contribution in [2.75, 3.05) is 13.7 Å². The molecule has 0 radical (unpaired) electrons. The van der Waals surface area contributed by atoms with E-state index in [0.717, 1.165) is 11.3 Å². The standard InChI is InChI=1S/C27H27N3O8S/c1-6-37-26(33)23-15(4)28-27-29(24(23)16-7-10-20(38-14(2)3)21(12-16)36-5)25(32)22(39-27)13-17-11-18(30(34)35)8-9-19(17)31/h7-14,24,31H,6H2,1-5H3/b22-13+/t24-/m1/s1. The third kappa shape index (κ3) is 5.41. The number of phenols is 1. The van der Waals surface area contributed by atoms with Crippen LogP contribution in [-0.2, 0) is 9.53 Å². The molecule has 0 saturated heterocycles. The first-order valence-electron chi connectivity index (χ1n) is 12.1. The lowest BCUT2D eigenvalue weighted by Gasteiger charge is -2.25. The Morgan fingerprint density at radius 3 is 2.64 bits per heavy atom. The van der Waals surface area contributed by atoms with E-state index in [0.29, 0.717) is 27.6 Å². The average molecular weight is 554 g/mol. The van der Waals surface area contributed by atoms with Gasteiger partial charge in [-0.1, -0.05) is 17.4 Å². The van der Waals surface area contributed by atoms with Gasteiger partial charge in [-0.15, -0.1) is 0 Å². The van der Waals surface area contributed by atoms with Gasteiger partial charge in [-0.25, -0.2) is 9.79 Å². The number of nitro groups is 1. The van der Waals surface area contributed by atoms with Gasteiger partial charge in [0.2, 0.25) is 0 Å². The van der Waals surface area contributed by atoms with Gasteiger partial charge in [-0.05, 0) is 57.5 Å². The summed E-state index contributed by atoms with van der Waals surface area (Å²) < 4.78 is 18.2. The zero-order valence-corrected chi connectivity index (χ0v) is 22.8. The molecule has 3 aromatic rings. The molecule has 0 amide bonds. The van der Waals surface area contributed by atoms with Crippen molar-refractivity contribution in [3.63, 3.8) is 0 Å². The minimum absolute atomic E-state index is 0.101. The number of hydrogen-bond donors (Lipinski definition) is 1. The number of hydrogen-bond acceptors (Lipinski definition) is 10. The number of esters is 1. The van der Waals surface area contributed by atoms with Crippen molar-refractivity contribution in [3.8, 4) is 17.2 Å². The Kier molecular flexibility index (Phi) is 7.86. The molecular weight excluding hydrogens is 526 g/mol. The fourth-order valence-corrected chi connectivity index (χ4v) is 5.26. The molecule has 39 heavy (non-hydrogen) atoms. The number of phenolic OH excluding ortho intramolecular Hbond substituents is 1. The lowest BCUT2D eigenvalue weighted by Crippen LogP contribution is -2.40. The monoisotopic (exact) mass is 553 g/mol. The van der Waals surface area contributed by atoms with Crippen molar-refractivity contribution in [1.29, 1.82) is 0 Å². The molecule has 204 valence electrons. The van der Waals surface area contributed by atoms with Gasteiger partial charge in [0.05, 0.1) is 46.6 Å². The summed E-state index contributed by atoms with van der Waals surface area (Å²) in [5, 5.41) is 21.5. The van der Waals surface area contributed by atoms with Gasteiger partial charge in [-0.3, -0.25) is 19.5 Å². The van der Waals surface area contributed by atoms with Gasteiger partial charge in [0.1, 0.15) is 5.75 Å². The Morgan fingerprint density at radius 2 is 2.00 bits per heavy atom. The van der Waals surface area contributed by atoms with Gasteiger partial charge in [0.15, 0.2) is 16.3 Å². The smallest absolute Gasteiger partial charge is 0.338 e. The lowest BCUT2D eigenvalue weighted by atomic mass is 9.95. The number of allylic oxidation sites excluding steroid dienone is 1. The zero-order valence-electron chi connectivity index (χ0n) is 22.0. The molecule has 2 heterocycles. The number of rotatable bonds is 8. The maximum Gasteiger partial charge on any atom is 0.338 e. The van der Waals surface area contributed by atoms with Crippen molar-refractivity contribution >= 4 is 29.1 Å². The van der Waals surface area contributed by atoms with Crippen LogP contribution in [0.3, 0.4) is 0 Å². The van der Waals surface area contributed by atoms with Gasteiger partial charge in [-0.2, -0.15) is 0 Å². The Labute approximate surface area is 227 Å². The molecule has 0 fully saturated rings. The van der Waals surface area contributed by atoms with Crippen LogP contribution in [0, 0.1) is 10.1 Å². The largest absolute Gasteiger partial charge is 0.507 e. The van der Waals surface area contributed by atoms with Crippen LogP contribution in [-0.4, -0.2) is 40.4 Å². The number of carbonyl (C=O) groups is 1. The van der Waals surface area contributed by atoms with E-state index in [1.807, 2.05) is 13.8 Å². The van der Waals surface area contributed by atoms with E-state index in [9.17, 15) is 24.8 Å². The van der Waals surface area contributed by atoms with E-state index in [1.165, 1.54) is 36.0 Å². The number of aromatic nitrogens is 1. The first-order chi connectivity index (χ1) is 18.5. The van der Waals surface area contributed by atoms with Crippen LogP contribution in [0.15, 0.2) is 57.5 Å². The number of fused-ring (bicyclic) bond motifs is 1. The van der Waals surface area contributed by atoms with Crippen LogP contribution in [0.1, 0.15) is 44.9 Å². The van der Waals surface area contributed by atoms with Crippen LogP contribution < -0.4 is 24.4 Å². The second-order valence-electron chi connectivity index (χ2n) is 8.88. The topological polar surface area (TPSA) is 142 Å². The highest BCUT2D eigenvalue weighted by Gasteiger charge is 2.34. The van der Waals surface area contributed by atoms with Crippen molar-refractivity contribution in [2.24, 2.45) is 4.99 Å². The van der Waals surface area contributed by atoms with Crippen molar-refractivity contribution in [1.82, 2.24) is 4.57 Å². The first-order valence-corrected chi connectivity index (χ1v) is 12.9. The molecule has 12 heteroatoms. The molecule has 1 N–H and O–H groups in total. The average Bonchev–Trinajstić information content (AvgIpc) is 3.18. The number of methoxy groups -OCH3 is 1. The molecule has 0 unspecified atom stereocenters. The number of nitrogens with zero attached hydrogens (tertiary/aromatic N) is 3. The van der Waals surface area contributed by atoms with Gasteiger partial charge in [0.25, 0.3) is 11.2 Å². The number of non-ortho nitro benzene ring substituents is 1. The minimum Gasteiger partial charge on any atom is -0.507 e. The summed E-state index contributed by atoms with van der Waals surface area (Å²) in [6.07, 6.45) is 1.26. The lowest BCUT2D eigenvalue weighted by molar-refractivity contribution is -0.384. The summed E-state index contributed by atoms with van der Waals surface area (Å²) in [6.45, 7) is 7.24. The minimum atomic E-state index is -0.900. The summed E-state index contributed by atoms with van der Waals surface area (Å²) >= 11 is 1.04. The van der Waals surface area contributed by atoms with Crippen LogP contribution >= 0.6 is 11.3 Å². The highest BCUT2D eigenvalue weighted by Crippen LogP contribution is 2.36. The highest BCUT2D eigenvalue weighted by molar-refractivity contribution is 7.07. The third-order valence-corrected chi connectivity index (χ3v) is 6.87. The SMILES string of the molecule is CCOC(=O)C1=C(C)N=c2s/c(=C/c3cc([N+](=O)[O-])ccc3O)c(=O)n2[C@@H]1c1ccc(OC(C)C)c(OC)c1. The van der Waals surface area contributed by atoms with E-state index >= 15 is 0 Å². The Balaban J connectivity index is 1.96. The summed E-state index contributed by atoms with van der Waals surface area (Å²) in [7, 11) is 1.50. The Morgan fingerprint density at radius 1 is 1.26 bits per heavy atom. The fourth-order valence-electron chi connectivity index (χ4n) is 4.22. The molecule has 0 spiro atoms. The van der Waals surface area contributed by atoms with E-state index in [1.54, 1.807) is 32.0 Å². The second kappa shape index (κ2) is 11.1. The summed E-state index contributed by atoms with van der Waals surface area (Å²) in [4.78, 5) is 42.3. The number of nitro benzene ring substituents is 1. The van der Waals surface area contributed by atoms with E-state index in [2.05, 4.69) is 4.99 Å². The molecule has 0 bridgehead atoms. The van der Waals surface area contributed by atoms with Crippen LogP contribution in [0.5, 0.6) is 17.2 Å². The predicted octanol–water partition coefficient (Wildman–Crippen LogP) is 3.21. The molecule has 2 aromatic carbocycles. The molecule has 1 aliphatic heterocycles. The zero-order chi connectivity index (χ0) is 28.4. The molecule has 4 rings (SSSR count). The van der Waals surface area contributed by atoms with E-state index < -0.39 is 22.5 Å². The number of ether oxygens (including phenoxy) is 3. The molecule has 1 aliphatic rings. The normalized spacial score (nSPS) is 15.1. The number of carbonyl (C=O) groups excluding carboxylic acids is 1. The van der Waals surface area contributed by atoms with E-state index in [4.69, 9.17) is 14.2 Å². The van der Waals surface area contributed by atoms with Crippen LogP contribution in [0.4, 0.5) is 5.69 Å². The van der Waals surface area contributed by atoms with Gasteiger partial charge in [0, 0.05) is 17.7 Å². The summed E-state index contributed by atoms with van der Waals surface area (Å²) in [6, 6.07) is 7.80. The molecule has 11 nitrogen and oxygen atoms in total. The maximum atomic E-state index is 13.8. The van der Waals surface area contributed by atoms with Crippen molar-refractivity contribution < 1.29 is 29.0 Å². The van der Waals surface area contributed by atoms with Gasteiger partial charge < -0.3 is 19.3 Å². The molecule has 1 atom stereocenters. The highest BCUT2D eigenvalue weighted by atomic mass is 32.1. The summed E-state index contributed by atoms with van der Waals surface area (Å²) in [5.41, 5.74) is 0.501. The maximum absolute atomic E-state index is 13.8. The van der Waals surface area contributed by atoms with E-state index in [-0.39, 0.29) is 39.8 Å². The predicted molar refractivity (Wildman–Crippen MR) is 144 cm³/mol. The van der Waals surface area contributed by atoms with Crippen molar-refractivity contribution in [2.45, 2.75) is 39.8 Å². The third-order valence-electron chi connectivity index (χ3n) is 5.89.